The zero-order valence-electron chi connectivity index (χ0n) is 10.9. The maximum atomic E-state index is 13.5. The van der Waals surface area contributed by atoms with Crippen molar-refractivity contribution >= 4 is 11.6 Å². The monoisotopic (exact) mass is 292 g/mol. The highest BCUT2D eigenvalue weighted by Crippen LogP contribution is 2.33. The molecule has 0 aliphatic carbocycles. The van der Waals surface area contributed by atoms with E-state index in [1.54, 1.807) is 12.1 Å². The van der Waals surface area contributed by atoms with Crippen LogP contribution in [0.15, 0.2) is 36.4 Å². The minimum Gasteiger partial charge on any atom is -0.490 e. The van der Waals surface area contributed by atoms with Crippen molar-refractivity contribution in [1.82, 2.24) is 0 Å². The molecule has 2 aromatic carbocycles. The number of hydrogen-bond acceptors (Lipinski definition) is 2. The molecule has 2 atom stereocenters. The molecule has 0 aromatic heterocycles. The largest absolute Gasteiger partial charge is 0.490 e. The van der Waals surface area contributed by atoms with Crippen molar-refractivity contribution in [2.45, 2.75) is 25.6 Å². The van der Waals surface area contributed by atoms with Gasteiger partial charge in [0, 0.05) is 6.42 Å². The third-order valence-corrected chi connectivity index (χ3v) is 3.80. The van der Waals surface area contributed by atoms with Crippen molar-refractivity contribution in [2.75, 3.05) is 0 Å². The van der Waals surface area contributed by atoms with E-state index in [-0.39, 0.29) is 11.1 Å². The lowest BCUT2D eigenvalue weighted by atomic mass is 9.98. The summed E-state index contributed by atoms with van der Waals surface area (Å²) in [5.41, 5.74) is 2.28. The van der Waals surface area contributed by atoms with Crippen LogP contribution in [0.25, 0.3) is 0 Å². The number of ether oxygens (including phenoxy) is 1. The van der Waals surface area contributed by atoms with E-state index in [1.165, 1.54) is 12.1 Å². The molecule has 1 N–H and O–H groups in total. The maximum Gasteiger partial charge on any atom is 0.142 e. The summed E-state index contributed by atoms with van der Waals surface area (Å²) >= 11 is 5.65. The topological polar surface area (TPSA) is 29.5 Å². The van der Waals surface area contributed by atoms with Gasteiger partial charge in [0.15, 0.2) is 0 Å². The molecule has 104 valence electrons. The molecule has 20 heavy (non-hydrogen) atoms. The minimum atomic E-state index is -0.872. The van der Waals surface area contributed by atoms with Gasteiger partial charge in [-0.15, -0.1) is 0 Å². The molecule has 0 amide bonds. The molecule has 3 rings (SSSR count). The van der Waals surface area contributed by atoms with E-state index in [9.17, 15) is 9.50 Å². The van der Waals surface area contributed by atoms with E-state index < -0.39 is 11.9 Å². The van der Waals surface area contributed by atoms with Crippen LogP contribution in [-0.2, 0) is 6.42 Å². The Morgan fingerprint density at radius 1 is 1.25 bits per heavy atom. The normalized spacial score (nSPS) is 18.5. The molecule has 1 aliphatic heterocycles. The maximum absolute atomic E-state index is 13.5. The number of halogens is 2. The van der Waals surface area contributed by atoms with E-state index in [1.807, 2.05) is 19.1 Å². The zero-order chi connectivity index (χ0) is 14.3. The Kier molecular flexibility index (Phi) is 3.40. The van der Waals surface area contributed by atoms with E-state index in [0.29, 0.717) is 5.56 Å². The van der Waals surface area contributed by atoms with Crippen LogP contribution in [0, 0.1) is 5.82 Å². The van der Waals surface area contributed by atoms with Crippen LogP contribution in [0.4, 0.5) is 4.39 Å². The van der Waals surface area contributed by atoms with Crippen molar-refractivity contribution < 1.29 is 14.2 Å². The molecule has 0 spiro atoms. The first-order chi connectivity index (χ1) is 9.54. The molecule has 0 fully saturated rings. The second kappa shape index (κ2) is 5.08. The first-order valence-electron chi connectivity index (χ1n) is 6.47. The number of rotatable bonds is 2. The molecule has 0 saturated carbocycles. The fraction of sp³-hybridized carbons (Fsp3) is 0.250. The highest BCUT2D eigenvalue weighted by Gasteiger charge is 2.21. The average Bonchev–Trinajstić information content (AvgIpc) is 2.80. The Morgan fingerprint density at radius 2 is 1.95 bits per heavy atom. The van der Waals surface area contributed by atoms with Crippen LogP contribution >= 0.6 is 11.6 Å². The van der Waals surface area contributed by atoms with E-state index in [2.05, 4.69) is 0 Å². The lowest BCUT2D eigenvalue weighted by Crippen LogP contribution is -2.05. The fourth-order valence-corrected chi connectivity index (χ4v) is 2.60. The van der Waals surface area contributed by atoms with Gasteiger partial charge < -0.3 is 9.84 Å². The summed E-state index contributed by atoms with van der Waals surface area (Å²) in [6, 6.07) is 9.91. The lowest BCUT2D eigenvalue weighted by Gasteiger charge is -2.13. The SMILES string of the molecule is CC1Cc2cc(C(O)c3ccc(Cl)c(F)c3)ccc2O1. The second-order valence-corrected chi connectivity index (χ2v) is 5.48. The van der Waals surface area contributed by atoms with Gasteiger partial charge in [-0.2, -0.15) is 0 Å². The molecule has 2 nitrogen and oxygen atoms in total. The Balaban J connectivity index is 1.93. The summed E-state index contributed by atoms with van der Waals surface area (Å²) in [7, 11) is 0. The predicted molar refractivity (Wildman–Crippen MR) is 75.7 cm³/mol. The summed E-state index contributed by atoms with van der Waals surface area (Å²) in [6.07, 6.45) is 0.110. The molecule has 0 bridgehead atoms. The van der Waals surface area contributed by atoms with Crippen LogP contribution in [0.3, 0.4) is 0 Å². The Morgan fingerprint density at radius 3 is 2.70 bits per heavy atom. The van der Waals surface area contributed by atoms with Gasteiger partial charge in [0.2, 0.25) is 0 Å². The standard InChI is InChI=1S/C16H14ClFO2/c1-9-6-12-7-10(3-5-15(12)20-9)16(19)11-2-4-13(17)14(18)8-11/h2-5,7-9,16,19H,6H2,1H3. The Labute approximate surface area is 121 Å². The van der Waals surface area contributed by atoms with Gasteiger partial charge in [-0.1, -0.05) is 23.7 Å². The van der Waals surface area contributed by atoms with Crippen molar-refractivity contribution in [3.05, 3.63) is 63.9 Å². The number of aliphatic hydroxyl groups excluding tert-OH is 1. The van der Waals surface area contributed by atoms with Crippen molar-refractivity contribution in [3.8, 4) is 5.75 Å². The summed E-state index contributed by atoms with van der Waals surface area (Å²) < 4.78 is 19.1. The molecule has 2 unspecified atom stereocenters. The number of aliphatic hydroxyl groups is 1. The predicted octanol–water partition coefficient (Wildman–Crippen LogP) is 3.88. The molecular weight excluding hydrogens is 279 g/mol. The Bertz CT molecular complexity index is 657. The molecule has 2 aromatic rings. The Hall–Kier alpha value is -1.58. The van der Waals surface area contributed by atoms with Gasteiger partial charge >= 0.3 is 0 Å². The highest BCUT2D eigenvalue weighted by molar-refractivity contribution is 6.30. The molecule has 4 heteroatoms. The van der Waals surface area contributed by atoms with Crippen LogP contribution in [0.5, 0.6) is 5.75 Å². The van der Waals surface area contributed by atoms with Gasteiger partial charge in [-0.3, -0.25) is 0 Å². The van der Waals surface area contributed by atoms with Crippen LogP contribution < -0.4 is 4.74 Å². The van der Waals surface area contributed by atoms with Crippen molar-refractivity contribution in [3.63, 3.8) is 0 Å². The number of hydrogen-bond donors (Lipinski definition) is 1. The second-order valence-electron chi connectivity index (χ2n) is 5.08. The average molecular weight is 293 g/mol. The summed E-state index contributed by atoms with van der Waals surface area (Å²) in [5, 5.41) is 10.4. The van der Waals surface area contributed by atoms with Crippen LogP contribution in [0.2, 0.25) is 5.02 Å². The van der Waals surface area contributed by atoms with E-state index in [4.69, 9.17) is 16.3 Å². The van der Waals surface area contributed by atoms with Crippen molar-refractivity contribution in [1.29, 1.82) is 0 Å². The van der Waals surface area contributed by atoms with Gasteiger partial charge in [0.05, 0.1) is 5.02 Å². The quantitative estimate of drug-likeness (QED) is 0.910. The summed E-state index contributed by atoms with van der Waals surface area (Å²) in [4.78, 5) is 0. The van der Waals surface area contributed by atoms with Gasteiger partial charge in [-0.25, -0.2) is 4.39 Å². The molecule has 1 heterocycles. The van der Waals surface area contributed by atoms with E-state index in [0.717, 1.165) is 23.3 Å². The number of benzene rings is 2. The summed E-state index contributed by atoms with van der Waals surface area (Å²) in [5.74, 6) is 0.331. The van der Waals surface area contributed by atoms with Crippen LogP contribution in [-0.4, -0.2) is 11.2 Å². The van der Waals surface area contributed by atoms with Gasteiger partial charge in [0.25, 0.3) is 0 Å². The molecule has 0 radical (unpaired) electrons. The third-order valence-electron chi connectivity index (χ3n) is 3.50. The van der Waals surface area contributed by atoms with Crippen LogP contribution in [0.1, 0.15) is 29.7 Å². The molecule has 1 aliphatic rings. The van der Waals surface area contributed by atoms with E-state index >= 15 is 0 Å². The van der Waals surface area contributed by atoms with Gasteiger partial charge in [0.1, 0.15) is 23.8 Å². The minimum absolute atomic E-state index is 0.0529. The first-order valence-corrected chi connectivity index (χ1v) is 6.85. The summed E-state index contributed by atoms with van der Waals surface area (Å²) in [6.45, 7) is 2.00. The zero-order valence-corrected chi connectivity index (χ0v) is 11.7. The molecule has 0 saturated heterocycles. The lowest BCUT2D eigenvalue weighted by molar-refractivity contribution is 0.219. The highest BCUT2D eigenvalue weighted by atomic mass is 35.5. The third kappa shape index (κ3) is 2.39. The fourth-order valence-electron chi connectivity index (χ4n) is 2.49. The smallest absolute Gasteiger partial charge is 0.142 e. The molecular formula is C16H14ClFO2. The van der Waals surface area contributed by atoms with Gasteiger partial charge in [-0.05, 0) is 47.9 Å². The number of fused-ring (bicyclic) bond motifs is 1. The van der Waals surface area contributed by atoms with Crippen molar-refractivity contribution in [2.24, 2.45) is 0 Å². The first kappa shape index (κ1) is 13.4.